The summed E-state index contributed by atoms with van der Waals surface area (Å²) >= 11 is 0. The Morgan fingerprint density at radius 1 is 0.120 bits per heavy atom. The van der Waals surface area contributed by atoms with Crippen LogP contribution in [0.1, 0.15) is 0 Å². The number of hydrogen-bond donors (Lipinski definition) is 0. The van der Waals surface area contributed by atoms with E-state index >= 15 is 0 Å². The minimum atomic E-state index is 0. The summed E-state index contributed by atoms with van der Waals surface area (Å²) in [5.41, 5.74) is 0. The molecule has 0 saturated heterocycles. The van der Waals surface area contributed by atoms with E-state index in [1.165, 1.54) is 0 Å². The molecule has 0 atom stereocenters. The molecule has 0 unspecified atom stereocenters. The summed E-state index contributed by atoms with van der Waals surface area (Å²) in [7, 11) is 0. The lowest BCUT2D eigenvalue weighted by atomic mass is 10.4. The average molecular weight is 323 g/mol. The van der Waals surface area contributed by atoms with Crippen LogP contribution in [0.15, 0.2) is 146 Å². The van der Waals surface area contributed by atoms with Crippen molar-refractivity contribution in [1.82, 2.24) is 0 Å². The van der Waals surface area contributed by atoms with Gasteiger partial charge in [0.2, 0.25) is 0 Å². The fourth-order valence-corrected chi connectivity index (χ4v) is 1.54. The third-order valence-electron chi connectivity index (χ3n) is 2.67. The lowest BCUT2D eigenvalue weighted by Gasteiger charge is -1.69. The molecule has 4 aromatic rings. The normalized spacial score (nSPS) is 7.68. The SMILES string of the molecule is [B].c1ccccc1.c1ccccc1.c1ccccc1.c1ccccc1. The van der Waals surface area contributed by atoms with E-state index in [2.05, 4.69) is 0 Å². The Bertz CT molecular complexity index is 420. The second kappa shape index (κ2) is 19.0. The first kappa shape index (κ1) is 21.9. The summed E-state index contributed by atoms with van der Waals surface area (Å²) in [4.78, 5) is 0. The lowest BCUT2D eigenvalue weighted by molar-refractivity contribution is 1.72. The van der Waals surface area contributed by atoms with Crippen LogP contribution in [-0.4, -0.2) is 8.41 Å². The molecule has 4 aromatic carbocycles. The maximum atomic E-state index is 2.00. The van der Waals surface area contributed by atoms with Crippen molar-refractivity contribution < 1.29 is 0 Å². The molecule has 0 heterocycles. The van der Waals surface area contributed by atoms with Crippen LogP contribution in [0.5, 0.6) is 0 Å². The Morgan fingerprint density at radius 3 is 0.200 bits per heavy atom. The Kier molecular flexibility index (Phi) is 16.7. The van der Waals surface area contributed by atoms with E-state index in [9.17, 15) is 0 Å². The van der Waals surface area contributed by atoms with Gasteiger partial charge < -0.3 is 0 Å². The Morgan fingerprint density at radius 2 is 0.160 bits per heavy atom. The highest BCUT2D eigenvalue weighted by molar-refractivity contribution is 5.75. The fraction of sp³-hybridized carbons (Fsp3) is 0. The minimum Gasteiger partial charge on any atom is -0.0623 e. The summed E-state index contributed by atoms with van der Waals surface area (Å²) in [6.45, 7) is 0. The highest BCUT2D eigenvalue weighted by Crippen LogP contribution is 1.81. The van der Waals surface area contributed by atoms with Crippen molar-refractivity contribution in [3.8, 4) is 0 Å². The van der Waals surface area contributed by atoms with Crippen molar-refractivity contribution in [2.75, 3.05) is 0 Å². The van der Waals surface area contributed by atoms with Gasteiger partial charge in [-0.1, -0.05) is 146 Å². The van der Waals surface area contributed by atoms with Gasteiger partial charge in [-0.25, -0.2) is 0 Å². The van der Waals surface area contributed by atoms with Crippen molar-refractivity contribution >= 4 is 8.41 Å². The van der Waals surface area contributed by atoms with E-state index in [0.29, 0.717) is 0 Å². The summed E-state index contributed by atoms with van der Waals surface area (Å²) < 4.78 is 0. The van der Waals surface area contributed by atoms with Crippen molar-refractivity contribution in [1.29, 1.82) is 0 Å². The fourth-order valence-electron chi connectivity index (χ4n) is 1.54. The van der Waals surface area contributed by atoms with Gasteiger partial charge in [0, 0.05) is 8.41 Å². The zero-order chi connectivity index (χ0) is 17.0. The Balaban J connectivity index is 0.000000303. The van der Waals surface area contributed by atoms with Crippen molar-refractivity contribution in [3.63, 3.8) is 0 Å². The van der Waals surface area contributed by atoms with E-state index in [4.69, 9.17) is 0 Å². The summed E-state index contributed by atoms with van der Waals surface area (Å²) in [6, 6.07) is 48.0. The maximum Gasteiger partial charge on any atom is 0 e. The topological polar surface area (TPSA) is 0 Å². The van der Waals surface area contributed by atoms with Gasteiger partial charge in [0.15, 0.2) is 0 Å². The van der Waals surface area contributed by atoms with Crippen LogP contribution in [0.2, 0.25) is 0 Å². The van der Waals surface area contributed by atoms with Crippen LogP contribution in [-0.2, 0) is 0 Å². The van der Waals surface area contributed by atoms with Gasteiger partial charge in [-0.05, 0) is 0 Å². The molecule has 0 aromatic heterocycles. The summed E-state index contributed by atoms with van der Waals surface area (Å²) in [6.07, 6.45) is 0. The van der Waals surface area contributed by atoms with E-state index in [1.54, 1.807) is 0 Å². The highest BCUT2D eigenvalue weighted by Gasteiger charge is 1.59. The Hall–Kier alpha value is -3.06. The summed E-state index contributed by atoms with van der Waals surface area (Å²) in [5.74, 6) is 0. The van der Waals surface area contributed by atoms with Gasteiger partial charge in [0.1, 0.15) is 0 Å². The molecule has 123 valence electrons. The van der Waals surface area contributed by atoms with Gasteiger partial charge in [-0.15, -0.1) is 0 Å². The molecule has 0 nitrogen and oxygen atoms in total. The molecule has 4 rings (SSSR count). The van der Waals surface area contributed by atoms with Gasteiger partial charge >= 0.3 is 0 Å². The highest BCUT2D eigenvalue weighted by atomic mass is 13.7. The molecule has 25 heavy (non-hydrogen) atoms. The third kappa shape index (κ3) is 17.1. The lowest BCUT2D eigenvalue weighted by Crippen LogP contribution is -1.47. The number of hydrogen-bond acceptors (Lipinski definition) is 0. The zero-order valence-electron chi connectivity index (χ0n) is 14.4. The maximum absolute atomic E-state index is 2.00. The predicted octanol–water partition coefficient (Wildman–Crippen LogP) is 6.37. The Labute approximate surface area is 154 Å². The van der Waals surface area contributed by atoms with Gasteiger partial charge in [-0.2, -0.15) is 0 Å². The van der Waals surface area contributed by atoms with Crippen molar-refractivity contribution in [2.24, 2.45) is 0 Å². The molecule has 0 aliphatic rings. The first-order valence-corrected chi connectivity index (χ1v) is 8.00. The largest absolute Gasteiger partial charge is 0.0623 e. The first-order valence-electron chi connectivity index (χ1n) is 8.00. The molecule has 0 amide bonds. The predicted molar refractivity (Wildman–Crippen MR) is 112 cm³/mol. The van der Waals surface area contributed by atoms with Gasteiger partial charge in [0.05, 0.1) is 0 Å². The van der Waals surface area contributed by atoms with E-state index in [-0.39, 0.29) is 8.41 Å². The minimum absolute atomic E-state index is 0. The van der Waals surface area contributed by atoms with Gasteiger partial charge in [0.25, 0.3) is 0 Å². The molecule has 0 aliphatic carbocycles. The molecule has 0 spiro atoms. The third-order valence-corrected chi connectivity index (χ3v) is 2.67. The molecular weight excluding hydrogens is 299 g/mol. The van der Waals surface area contributed by atoms with Crippen LogP contribution < -0.4 is 0 Å². The smallest absolute Gasteiger partial charge is 0 e. The second-order valence-electron chi connectivity index (χ2n) is 4.62. The molecule has 3 radical (unpaired) electrons. The molecular formula is C24H24B. The zero-order valence-corrected chi connectivity index (χ0v) is 14.4. The number of benzene rings is 4. The van der Waals surface area contributed by atoms with Crippen molar-refractivity contribution in [2.45, 2.75) is 0 Å². The first-order chi connectivity index (χ1) is 12.0. The summed E-state index contributed by atoms with van der Waals surface area (Å²) in [5, 5.41) is 0. The van der Waals surface area contributed by atoms with E-state index < -0.39 is 0 Å². The van der Waals surface area contributed by atoms with Gasteiger partial charge in [-0.3, -0.25) is 0 Å². The van der Waals surface area contributed by atoms with Crippen LogP contribution >= 0.6 is 0 Å². The molecule has 0 aliphatic heterocycles. The molecule has 0 bridgehead atoms. The van der Waals surface area contributed by atoms with E-state index in [1.807, 2.05) is 146 Å². The number of rotatable bonds is 0. The quantitative estimate of drug-likeness (QED) is 0.330. The standard InChI is InChI=1S/4C6H6.B/c4*1-2-4-6-5-3-1;/h4*1-6H;. The molecule has 0 N–H and O–H groups in total. The van der Waals surface area contributed by atoms with Crippen LogP contribution in [0.4, 0.5) is 0 Å². The van der Waals surface area contributed by atoms with Crippen LogP contribution in [0.25, 0.3) is 0 Å². The van der Waals surface area contributed by atoms with Crippen LogP contribution in [0.3, 0.4) is 0 Å². The monoisotopic (exact) mass is 323 g/mol. The second-order valence-corrected chi connectivity index (χ2v) is 4.62. The average Bonchev–Trinajstić information content (AvgIpc) is 2.75. The van der Waals surface area contributed by atoms with E-state index in [0.717, 1.165) is 0 Å². The molecule has 1 heteroatoms. The van der Waals surface area contributed by atoms with Crippen molar-refractivity contribution in [3.05, 3.63) is 146 Å². The van der Waals surface area contributed by atoms with Crippen LogP contribution in [0, 0.1) is 0 Å². The molecule has 0 saturated carbocycles. The molecule has 0 fully saturated rings.